The summed E-state index contributed by atoms with van der Waals surface area (Å²) in [6, 6.07) is 5.78. The smallest absolute Gasteiger partial charge is 0.220 e. The van der Waals surface area contributed by atoms with Crippen LogP contribution >= 0.6 is 0 Å². The second kappa shape index (κ2) is 8.89. The van der Waals surface area contributed by atoms with Gasteiger partial charge < -0.3 is 24.3 Å². The van der Waals surface area contributed by atoms with Gasteiger partial charge in [-0.05, 0) is 38.0 Å². The Kier molecular flexibility index (Phi) is 6.87. The molecule has 24 heavy (non-hydrogen) atoms. The highest BCUT2D eigenvalue weighted by Crippen LogP contribution is 2.34. The fourth-order valence-corrected chi connectivity index (χ4v) is 2.49. The highest BCUT2D eigenvalue weighted by Gasteiger charge is 2.25. The monoisotopic (exact) mass is 337 g/mol. The molecule has 0 unspecified atom stereocenters. The lowest BCUT2D eigenvalue weighted by Gasteiger charge is -2.28. The molecular weight excluding hydrogens is 310 g/mol. The van der Waals surface area contributed by atoms with E-state index in [0.29, 0.717) is 45.9 Å². The van der Waals surface area contributed by atoms with Crippen LogP contribution in [0.4, 0.5) is 0 Å². The Hall–Kier alpha value is -1.79. The summed E-state index contributed by atoms with van der Waals surface area (Å²) in [5, 5.41) is 3.07. The minimum Gasteiger partial charge on any atom is -0.486 e. The van der Waals surface area contributed by atoms with Crippen molar-refractivity contribution in [2.24, 2.45) is 0 Å². The average Bonchev–Trinajstić information content (AvgIpc) is 2.57. The van der Waals surface area contributed by atoms with E-state index in [1.165, 1.54) is 0 Å². The molecule has 6 heteroatoms. The van der Waals surface area contributed by atoms with Crippen LogP contribution in [0.15, 0.2) is 18.2 Å². The van der Waals surface area contributed by atoms with Crippen LogP contribution < -0.4 is 14.8 Å². The summed E-state index contributed by atoms with van der Waals surface area (Å²) in [6.45, 7) is 6.76. The van der Waals surface area contributed by atoms with Crippen LogP contribution in [0.25, 0.3) is 0 Å². The molecule has 0 bridgehead atoms. The van der Waals surface area contributed by atoms with Gasteiger partial charge in [0.2, 0.25) is 5.91 Å². The third-order valence-electron chi connectivity index (χ3n) is 3.84. The topological polar surface area (TPSA) is 66.0 Å². The van der Waals surface area contributed by atoms with Gasteiger partial charge in [-0.15, -0.1) is 0 Å². The van der Waals surface area contributed by atoms with Gasteiger partial charge in [-0.3, -0.25) is 4.79 Å². The summed E-state index contributed by atoms with van der Waals surface area (Å²) in [5.41, 5.74) is 0.501. The highest BCUT2D eigenvalue weighted by atomic mass is 16.6. The van der Waals surface area contributed by atoms with Crippen LogP contribution in [0.3, 0.4) is 0 Å². The first-order valence-electron chi connectivity index (χ1n) is 8.31. The quantitative estimate of drug-likeness (QED) is 0.700. The number of ether oxygens (including phenoxy) is 4. The van der Waals surface area contributed by atoms with Gasteiger partial charge in [0, 0.05) is 20.1 Å². The molecule has 2 rings (SSSR count). The first-order chi connectivity index (χ1) is 11.5. The SMILES string of the molecule is COCCOCCCC(=O)NC(C)(C)c1ccc2c(c1)OCCO2. The number of benzene rings is 1. The van der Waals surface area contributed by atoms with Gasteiger partial charge in [-0.2, -0.15) is 0 Å². The molecule has 1 heterocycles. The van der Waals surface area contributed by atoms with Crippen LogP contribution in [0.5, 0.6) is 11.5 Å². The molecule has 1 aromatic rings. The average molecular weight is 337 g/mol. The Bertz CT molecular complexity index is 544. The van der Waals surface area contributed by atoms with Crippen molar-refractivity contribution in [2.75, 3.05) is 40.1 Å². The third-order valence-corrected chi connectivity index (χ3v) is 3.84. The van der Waals surface area contributed by atoms with Crippen molar-refractivity contribution in [2.45, 2.75) is 32.2 Å². The molecule has 6 nitrogen and oxygen atoms in total. The molecule has 0 fully saturated rings. The van der Waals surface area contributed by atoms with Crippen molar-refractivity contribution >= 4 is 5.91 Å². The van der Waals surface area contributed by atoms with Crippen molar-refractivity contribution in [3.63, 3.8) is 0 Å². The summed E-state index contributed by atoms with van der Waals surface area (Å²) < 4.78 is 21.4. The third kappa shape index (κ3) is 5.39. The van der Waals surface area contributed by atoms with Crippen molar-refractivity contribution in [1.29, 1.82) is 0 Å². The van der Waals surface area contributed by atoms with Gasteiger partial charge in [0.25, 0.3) is 0 Å². The molecular formula is C18H27NO5. The zero-order valence-electron chi connectivity index (χ0n) is 14.7. The Morgan fingerprint density at radius 3 is 2.67 bits per heavy atom. The van der Waals surface area contributed by atoms with E-state index < -0.39 is 5.54 Å². The second-order valence-electron chi connectivity index (χ2n) is 6.24. The van der Waals surface area contributed by atoms with E-state index in [-0.39, 0.29) is 5.91 Å². The molecule has 0 atom stereocenters. The van der Waals surface area contributed by atoms with Crippen LogP contribution in [-0.2, 0) is 19.8 Å². The molecule has 0 radical (unpaired) electrons. The van der Waals surface area contributed by atoms with E-state index in [2.05, 4.69) is 5.32 Å². The number of carbonyl (C=O) groups excluding carboxylic acids is 1. The van der Waals surface area contributed by atoms with E-state index in [0.717, 1.165) is 17.1 Å². The Morgan fingerprint density at radius 2 is 1.92 bits per heavy atom. The molecule has 0 saturated carbocycles. The van der Waals surface area contributed by atoms with E-state index in [1.807, 2.05) is 32.0 Å². The Labute approximate surface area is 143 Å². The standard InChI is InChI=1S/C18H27NO5/c1-18(2,19-17(20)5-4-8-22-10-9-21-3)14-6-7-15-16(13-14)24-12-11-23-15/h6-7,13H,4-5,8-12H2,1-3H3,(H,19,20). The number of methoxy groups -OCH3 is 1. The predicted molar refractivity (Wildman–Crippen MR) is 90.5 cm³/mol. The molecule has 1 N–H and O–H groups in total. The van der Waals surface area contributed by atoms with Crippen LogP contribution in [0.1, 0.15) is 32.3 Å². The van der Waals surface area contributed by atoms with E-state index in [9.17, 15) is 4.79 Å². The maximum atomic E-state index is 12.2. The van der Waals surface area contributed by atoms with Gasteiger partial charge in [0.15, 0.2) is 11.5 Å². The number of carbonyl (C=O) groups is 1. The predicted octanol–water partition coefficient (Wildman–Crippen LogP) is 2.25. The van der Waals surface area contributed by atoms with E-state index in [1.54, 1.807) is 7.11 Å². The molecule has 1 aliphatic rings. The number of hydrogen-bond acceptors (Lipinski definition) is 5. The van der Waals surface area contributed by atoms with E-state index in [4.69, 9.17) is 18.9 Å². The summed E-state index contributed by atoms with van der Waals surface area (Å²) >= 11 is 0. The largest absolute Gasteiger partial charge is 0.486 e. The molecule has 0 aliphatic carbocycles. The minimum atomic E-state index is -0.482. The zero-order valence-corrected chi connectivity index (χ0v) is 14.7. The van der Waals surface area contributed by atoms with Gasteiger partial charge in [0.1, 0.15) is 13.2 Å². The minimum absolute atomic E-state index is 0.00484. The summed E-state index contributed by atoms with van der Waals surface area (Å²) in [6.07, 6.45) is 1.12. The van der Waals surface area contributed by atoms with E-state index >= 15 is 0 Å². The lowest BCUT2D eigenvalue weighted by molar-refractivity contribution is -0.123. The molecule has 1 aromatic carbocycles. The van der Waals surface area contributed by atoms with Gasteiger partial charge in [-0.1, -0.05) is 6.07 Å². The maximum absolute atomic E-state index is 12.2. The summed E-state index contributed by atoms with van der Waals surface area (Å²) in [4.78, 5) is 12.2. The number of amides is 1. The Morgan fingerprint density at radius 1 is 1.17 bits per heavy atom. The number of fused-ring (bicyclic) bond motifs is 1. The molecule has 0 saturated heterocycles. The van der Waals surface area contributed by atoms with Crippen molar-refractivity contribution in [3.8, 4) is 11.5 Å². The van der Waals surface area contributed by atoms with Crippen LogP contribution in [-0.4, -0.2) is 46.1 Å². The van der Waals surface area contributed by atoms with Crippen molar-refractivity contribution < 1.29 is 23.7 Å². The molecule has 1 amide bonds. The van der Waals surface area contributed by atoms with Gasteiger partial charge in [-0.25, -0.2) is 0 Å². The number of nitrogens with one attached hydrogen (secondary N) is 1. The lowest BCUT2D eigenvalue weighted by atomic mass is 9.93. The van der Waals surface area contributed by atoms with Crippen molar-refractivity contribution in [3.05, 3.63) is 23.8 Å². The Balaban J connectivity index is 1.83. The van der Waals surface area contributed by atoms with Gasteiger partial charge >= 0.3 is 0 Å². The summed E-state index contributed by atoms with van der Waals surface area (Å²) in [5.74, 6) is 1.48. The molecule has 1 aliphatic heterocycles. The molecule has 134 valence electrons. The van der Waals surface area contributed by atoms with Crippen molar-refractivity contribution in [1.82, 2.24) is 5.32 Å². The lowest BCUT2D eigenvalue weighted by Crippen LogP contribution is -2.41. The van der Waals surface area contributed by atoms with Crippen LogP contribution in [0.2, 0.25) is 0 Å². The van der Waals surface area contributed by atoms with Crippen LogP contribution in [0, 0.1) is 0 Å². The normalized spacial score (nSPS) is 13.6. The molecule has 0 aromatic heterocycles. The summed E-state index contributed by atoms with van der Waals surface area (Å²) in [7, 11) is 1.64. The fraction of sp³-hybridized carbons (Fsp3) is 0.611. The first-order valence-corrected chi connectivity index (χ1v) is 8.31. The zero-order chi connectivity index (χ0) is 17.4. The highest BCUT2D eigenvalue weighted by molar-refractivity contribution is 5.77. The van der Waals surface area contributed by atoms with Gasteiger partial charge in [0.05, 0.1) is 18.8 Å². The number of hydrogen-bond donors (Lipinski definition) is 1. The molecule has 0 spiro atoms. The fourth-order valence-electron chi connectivity index (χ4n) is 2.49. The first kappa shape index (κ1) is 18.5. The number of rotatable bonds is 9. The maximum Gasteiger partial charge on any atom is 0.220 e. The second-order valence-corrected chi connectivity index (χ2v) is 6.24.